The second-order valence-corrected chi connectivity index (χ2v) is 4.52. The van der Waals surface area contributed by atoms with Gasteiger partial charge in [-0.1, -0.05) is 13.8 Å². The van der Waals surface area contributed by atoms with Crippen LogP contribution in [0, 0.1) is 12.8 Å². The molecule has 0 radical (unpaired) electrons. The minimum absolute atomic E-state index is 0.181. The number of rotatable bonds is 5. The highest BCUT2D eigenvalue weighted by Gasteiger charge is 2.16. The first-order chi connectivity index (χ1) is 9.24. The van der Waals surface area contributed by atoms with Gasteiger partial charge in [0, 0.05) is 26.6 Å². The van der Waals surface area contributed by atoms with Gasteiger partial charge in [0.1, 0.15) is 5.78 Å². The van der Waals surface area contributed by atoms with Crippen LogP contribution < -0.4 is 0 Å². The van der Waals surface area contributed by atoms with Crippen molar-refractivity contribution in [1.29, 1.82) is 0 Å². The molecule has 19 heavy (non-hydrogen) atoms. The van der Waals surface area contributed by atoms with Crippen molar-refractivity contribution >= 4 is 5.78 Å². The van der Waals surface area contributed by atoms with E-state index in [0.717, 1.165) is 32.5 Å². The fraction of sp³-hybridized carbons (Fsp3) is 0.786. The van der Waals surface area contributed by atoms with Crippen molar-refractivity contribution in [3.63, 3.8) is 0 Å². The molecule has 0 N–H and O–H groups in total. The molecule has 1 aromatic heterocycles. The summed E-state index contributed by atoms with van der Waals surface area (Å²) in [5.41, 5.74) is 0. The number of aromatic nitrogens is 2. The van der Waals surface area contributed by atoms with Crippen molar-refractivity contribution in [2.45, 2.75) is 52.9 Å². The summed E-state index contributed by atoms with van der Waals surface area (Å²) < 4.78 is 10.5. The smallest absolute Gasteiger partial charge is 0.223 e. The van der Waals surface area contributed by atoms with Crippen LogP contribution in [0.15, 0.2) is 4.42 Å². The Kier molecular flexibility index (Phi) is 7.33. The maximum atomic E-state index is 11.7. The SMILES string of the molecule is CC.Cc1nnc(CC(=O)CCC2CCOCC2)o1. The number of Topliss-reactive ketones (excluding diaryl/α,β-unsaturated/α-hetero) is 1. The van der Waals surface area contributed by atoms with Crippen LogP contribution in [0.4, 0.5) is 0 Å². The van der Waals surface area contributed by atoms with Gasteiger partial charge >= 0.3 is 0 Å². The van der Waals surface area contributed by atoms with Crippen molar-refractivity contribution < 1.29 is 13.9 Å². The zero-order valence-corrected chi connectivity index (χ0v) is 12.1. The molecule has 1 saturated heterocycles. The number of aryl methyl sites for hydroxylation is 1. The highest BCUT2D eigenvalue weighted by molar-refractivity contribution is 5.79. The lowest BCUT2D eigenvalue weighted by molar-refractivity contribution is -0.119. The molecule has 0 unspecified atom stereocenters. The zero-order chi connectivity index (χ0) is 14.1. The molecule has 2 heterocycles. The molecule has 5 nitrogen and oxygen atoms in total. The Labute approximate surface area is 114 Å². The van der Waals surface area contributed by atoms with E-state index in [9.17, 15) is 4.79 Å². The van der Waals surface area contributed by atoms with Crippen molar-refractivity contribution in [2.24, 2.45) is 5.92 Å². The predicted octanol–water partition coefficient (Wildman–Crippen LogP) is 2.72. The third-order valence-electron chi connectivity index (χ3n) is 3.09. The summed E-state index contributed by atoms with van der Waals surface area (Å²) in [4.78, 5) is 11.7. The summed E-state index contributed by atoms with van der Waals surface area (Å²) in [6.45, 7) is 7.40. The van der Waals surface area contributed by atoms with Crippen LogP contribution >= 0.6 is 0 Å². The third kappa shape index (κ3) is 5.96. The van der Waals surface area contributed by atoms with Crippen molar-refractivity contribution in [1.82, 2.24) is 10.2 Å². The number of ketones is 1. The first-order valence-corrected chi connectivity index (χ1v) is 7.12. The van der Waals surface area contributed by atoms with Crippen LogP contribution in [0.3, 0.4) is 0 Å². The predicted molar refractivity (Wildman–Crippen MR) is 71.9 cm³/mol. The Morgan fingerprint density at radius 3 is 2.53 bits per heavy atom. The molecule has 1 aromatic rings. The fourth-order valence-corrected chi connectivity index (χ4v) is 2.07. The molecule has 0 spiro atoms. The number of hydrogen-bond donors (Lipinski definition) is 0. The van der Waals surface area contributed by atoms with Gasteiger partial charge in [-0.05, 0) is 25.2 Å². The van der Waals surface area contributed by atoms with Crippen LogP contribution in [-0.2, 0) is 16.0 Å². The van der Waals surface area contributed by atoms with Crippen LogP contribution in [0.2, 0.25) is 0 Å². The molecule has 2 rings (SSSR count). The number of ether oxygens (including phenoxy) is 1. The second kappa shape index (κ2) is 8.80. The number of carbonyl (C=O) groups excluding carboxylic acids is 1. The summed E-state index contributed by atoms with van der Waals surface area (Å²) >= 11 is 0. The van der Waals surface area contributed by atoms with E-state index in [-0.39, 0.29) is 12.2 Å². The van der Waals surface area contributed by atoms with Gasteiger partial charge in [-0.15, -0.1) is 10.2 Å². The molecule has 0 aliphatic carbocycles. The first kappa shape index (κ1) is 15.8. The van der Waals surface area contributed by atoms with E-state index in [2.05, 4.69) is 10.2 Å². The number of nitrogens with zero attached hydrogens (tertiary/aromatic N) is 2. The van der Waals surface area contributed by atoms with E-state index in [1.807, 2.05) is 13.8 Å². The summed E-state index contributed by atoms with van der Waals surface area (Å²) in [6.07, 6.45) is 3.98. The molecular weight excluding hydrogens is 244 g/mol. The van der Waals surface area contributed by atoms with E-state index >= 15 is 0 Å². The topological polar surface area (TPSA) is 65.2 Å². The van der Waals surface area contributed by atoms with Crippen LogP contribution in [0.1, 0.15) is 51.3 Å². The van der Waals surface area contributed by atoms with Gasteiger partial charge in [-0.25, -0.2) is 0 Å². The number of carbonyl (C=O) groups is 1. The largest absolute Gasteiger partial charge is 0.425 e. The normalized spacial score (nSPS) is 15.7. The summed E-state index contributed by atoms with van der Waals surface area (Å²) in [7, 11) is 0. The maximum absolute atomic E-state index is 11.7. The molecule has 0 saturated carbocycles. The monoisotopic (exact) mass is 268 g/mol. The molecule has 1 fully saturated rings. The molecular formula is C14H24N2O3. The number of hydrogen-bond acceptors (Lipinski definition) is 5. The summed E-state index contributed by atoms with van der Waals surface area (Å²) in [5, 5.41) is 7.53. The van der Waals surface area contributed by atoms with Gasteiger partial charge in [0.15, 0.2) is 0 Å². The van der Waals surface area contributed by atoms with Gasteiger partial charge in [-0.3, -0.25) is 4.79 Å². The molecule has 0 bridgehead atoms. The Morgan fingerprint density at radius 2 is 1.95 bits per heavy atom. The van der Waals surface area contributed by atoms with Crippen LogP contribution in [0.5, 0.6) is 0 Å². The average molecular weight is 268 g/mol. The molecule has 5 heteroatoms. The van der Waals surface area contributed by atoms with Gasteiger partial charge in [0.05, 0.1) is 6.42 Å². The molecule has 1 aliphatic heterocycles. The van der Waals surface area contributed by atoms with Gasteiger partial charge in [0.25, 0.3) is 0 Å². The molecule has 0 aromatic carbocycles. The van der Waals surface area contributed by atoms with Gasteiger partial charge in [-0.2, -0.15) is 0 Å². The third-order valence-corrected chi connectivity index (χ3v) is 3.09. The van der Waals surface area contributed by atoms with E-state index in [1.54, 1.807) is 6.92 Å². The fourth-order valence-electron chi connectivity index (χ4n) is 2.07. The molecule has 0 amide bonds. The Balaban J connectivity index is 0.000000861. The van der Waals surface area contributed by atoms with E-state index in [4.69, 9.17) is 9.15 Å². The lowest BCUT2D eigenvalue weighted by Crippen LogP contribution is -2.17. The lowest BCUT2D eigenvalue weighted by Gasteiger charge is -2.21. The zero-order valence-electron chi connectivity index (χ0n) is 12.1. The minimum Gasteiger partial charge on any atom is -0.425 e. The minimum atomic E-state index is 0.181. The Bertz CT molecular complexity index is 371. The first-order valence-electron chi connectivity index (χ1n) is 7.12. The van der Waals surface area contributed by atoms with E-state index in [1.165, 1.54) is 0 Å². The van der Waals surface area contributed by atoms with E-state index < -0.39 is 0 Å². The van der Waals surface area contributed by atoms with Crippen molar-refractivity contribution in [3.8, 4) is 0 Å². The van der Waals surface area contributed by atoms with Crippen molar-refractivity contribution in [2.75, 3.05) is 13.2 Å². The molecule has 1 aliphatic rings. The Hall–Kier alpha value is -1.23. The van der Waals surface area contributed by atoms with Crippen LogP contribution in [0.25, 0.3) is 0 Å². The lowest BCUT2D eigenvalue weighted by atomic mass is 9.93. The standard InChI is InChI=1S/C12H18N2O3.C2H6/c1-9-13-14-12(17-9)8-11(15)3-2-10-4-6-16-7-5-10;1-2/h10H,2-8H2,1H3;1-2H3. The summed E-state index contributed by atoms with van der Waals surface area (Å²) in [6, 6.07) is 0. The van der Waals surface area contributed by atoms with Crippen molar-refractivity contribution in [3.05, 3.63) is 11.8 Å². The Morgan fingerprint density at radius 1 is 1.26 bits per heavy atom. The highest BCUT2D eigenvalue weighted by Crippen LogP contribution is 2.20. The van der Waals surface area contributed by atoms with E-state index in [0.29, 0.717) is 24.1 Å². The van der Waals surface area contributed by atoms with Gasteiger partial charge in [0.2, 0.25) is 11.8 Å². The second-order valence-electron chi connectivity index (χ2n) is 4.52. The van der Waals surface area contributed by atoms with Crippen LogP contribution in [-0.4, -0.2) is 29.2 Å². The van der Waals surface area contributed by atoms with Gasteiger partial charge < -0.3 is 9.15 Å². The quantitative estimate of drug-likeness (QED) is 0.821. The molecule has 0 atom stereocenters. The average Bonchev–Trinajstić information content (AvgIpc) is 2.85. The molecule has 108 valence electrons. The maximum Gasteiger partial charge on any atom is 0.223 e. The summed E-state index contributed by atoms with van der Waals surface area (Å²) in [5.74, 6) is 1.76. The highest BCUT2D eigenvalue weighted by atomic mass is 16.5.